The van der Waals surface area contributed by atoms with E-state index >= 15 is 0 Å². The number of aryl methyl sites for hydroxylation is 2. The van der Waals surface area contributed by atoms with Crippen molar-refractivity contribution in [2.45, 2.75) is 13.8 Å². The number of fused-ring (bicyclic) bond motifs is 6. The minimum Gasteiger partial charge on any atom is -0.305 e. The van der Waals surface area contributed by atoms with Gasteiger partial charge in [0.1, 0.15) is 0 Å². The van der Waals surface area contributed by atoms with Crippen LogP contribution in [0.1, 0.15) is 11.1 Å². The zero-order valence-electron chi connectivity index (χ0n) is 23.3. The Morgan fingerprint density at radius 1 is 0.571 bits per heavy atom. The van der Waals surface area contributed by atoms with E-state index in [9.17, 15) is 0 Å². The monoisotopic (exact) mass is 538 g/mol. The standard InChI is InChI=1S/C38H26N4/c1-24-15-17-31-29-11-4-6-13-33(29)41(35(31)21-24)37-28(26-9-8-10-27(23-26)39-3)19-20-40-38(37)42-34-14-7-5-12-30(34)32-18-16-25(2)22-36(32)42/h4-23H,1-2H3. The third kappa shape index (κ3) is 3.51. The van der Waals surface area contributed by atoms with Gasteiger partial charge in [0.15, 0.2) is 11.5 Å². The largest absolute Gasteiger partial charge is 0.305 e. The van der Waals surface area contributed by atoms with E-state index < -0.39 is 0 Å². The molecule has 3 heterocycles. The van der Waals surface area contributed by atoms with Crippen molar-refractivity contribution >= 4 is 49.3 Å². The number of rotatable bonds is 3. The maximum Gasteiger partial charge on any atom is 0.187 e. The zero-order valence-corrected chi connectivity index (χ0v) is 23.3. The van der Waals surface area contributed by atoms with Crippen LogP contribution in [0.2, 0.25) is 0 Å². The van der Waals surface area contributed by atoms with Gasteiger partial charge in [-0.25, -0.2) is 9.83 Å². The lowest BCUT2D eigenvalue weighted by Crippen LogP contribution is -2.08. The van der Waals surface area contributed by atoms with Crippen molar-refractivity contribution in [2.75, 3.05) is 0 Å². The maximum atomic E-state index is 7.70. The Hall–Kier alpha value is -5.66. The van der Waals surface area contributed by atoms with Gasteiger partial charge in [0.25, 0.3) is 0 Å². The minimum absolute atomic E-state index is 0.613. The van der Waals surface area contributed by atoms with E-state index in [1.165, 1.54) is 32.7 Å². The highest BCUT2D eigenvalue weighted by atomic mass is 15.1. The van der Waals surface area contributed by atoms with Crippen molar-refractivity contribution in [3.05, 3.63) is 144 Å². The third-order valence-corrected chi connectivity index (χ3v) is 8.29. The van der Waals surface area contributed by atoms with Crippen LogP contribution in [0, 0.1) is 20.4 Å². The number of benzene rings is 5. The molecule has 0 radical (unpaired) electrons. The molecule has 42 heavy (non-hydrogen) atoms. The van der Waals surface area contributed by atoms with Crippen molar-refractivity contribution in [1.82, 2.24) is 14.1 Å². The fourth-order valence-electron chi connectivity index (χ4n) is 6.43. The van der Waals surface area contributed by atoms with Gasteiger partial charge in [-0.3, -0.25) is 4.57 Å². The molecule has 4 nitrogen and oxygen atoms in total. The fraction of sp³-hybridized carbons (Fsp3) is 0.0526. The molecule has 8 rings (SSSR count). The van der Waals surface area contributed by atoms with Crippen molar-refractivity contribution in [1.29, 1.82) is 0 Å². The second-order valence-electron chi connectivity index (χ2n) is 10.9. The van der Waals surface area contributed by atoms with E-state index in [4.69, 9.17) is 11.6 Å². The first-order valence-electron chi connectivity index (χ1n) is 14.1. The van der Waals surface area contributed by atoms with Gasteiger partial charge in [-0.2, -0.15) is 0 Å². The molecule has 0 aliphatic carbocycles. The summed E-state index contributed by atoms with van der Waals surface area (Å²) < 4.78 is 4.68. The first-order chi connectivity index (χ1) is 20.6. The van der Waals surface area contributed by atoms with Crippen molar-refractivity contribution < 1.29 is 0 Å². The number of aromatic nitrogens is 3. The molecular weight excluding hydrogens is 512 g/mol. The molecule has 0 saturated carbocycles. The summed E-state index contributed by atoms with van der Waals surface area (Å²) in [6.45, 7) is 12.0. The Morgan fingerprint density at radius 2 is 1.17 bits per heavy atom. The second-order valence-corrected chi connectivity index (χ2v) is 10.9. The summed E-state index contributed by atoms with van der Waals surface area (Å²) >= 11 is 0. The number of para-hydroxylation sites is 2. The normalized spacial score (nSPS) is 11.5. The summed E-state index contributed by atoms with van der Waals surface area (Å²) in [7, 11) is 0. The lowest BCUT2D eigenvalue weighted by Gasteiger charge is -2.20. The number of hydrogen-bond donors (Lipinski definition) is 0. The SMILES string of the molecule is [C-]#[N+]c1cccc(-c2ccnc(-n3c4ccccc4c4ccc(C)cc43)c2-n2c3ccccc3c3ccc(C)cc32)c1. The average molecular weight is 539 g/mol. The molecule has 0 atom stereocenters. The molecule has 0 fully saturated rings. The van der Waals surface area contributed by atoms with Crippen molar-refractivity contribution in [2.24, 2.45) is 0 Å². The lowest BCUT2D eigenvalue weighted by atomic mass is 10.0. The Bertz CT molecular complexity index is 2400. The van der Waals surface area contributed by atoms with Gasteiger partial charge in [0.2, 0.25) is 0 Å². The van der Waals surface area contributed by atoms with Crippen molar-refractivity contribution in [3.8, 4) is 22.6 Å². The van der Waals surface area contributed by atoms with E-state index in [2.05, 4.69) is 125 Å². The molecular formula is C38H26N4. The van der Waals surface area contributed by atoms with Gasteiger partial charge < -0.3 is 4.57 Å². The Balaban J connectivity index is 1.61. The van der Waals surface area contributed by atoms with Crippen molar-refractivity contribution in [3.63, 3.8) is 0 Å². The van der Waals surface area contributed by atoms with Gasteiger partial charge in [0.05, 0.1) is 34.3 Å². The van der Waals surface area contributed by atoms with Crippen LogP contribution in [0.25, 0.3) is 71.1 Å². The third-order valence-electron chi connectivity index (χ3n) is 8.29. The van der Waals surface area contributed by atoms with Gasteiger partial charge in [0, 0.05) is 33.3 Å². The lowest BCUT2D eigenvalue weighted by molar-refractivity contribution is 1.03. The van der Waals surface area contributed by atoms with E-state index in [-0.39, 0.29) is 0 Å². The van der Waals surface area contributed by atoms with Crippen LogP contribution >= 0.6 is 0 Å². The molecule has 0 aliphatic heterocycles. The second kappa shape index (κ2) is 9.19. The van der Waals surface area contributed by atoms with Gasteiger partial charge in [-0.05, 0) is 66.9 Å². The van der Waals surface area contributed by atoms with Crippen LogP contribution < -0.4 is 0 Å². The van der Waals surface area contributed by atoms with Gasteiger partial charge >= 0.3 is 0 Å². The van der Waals surface area contributed by atoms with Crippen LogP contribution in [0.15, 0.2) is 121 Å². The first kappa shape index (κ1) is 24.2. The maximum absolute atomic E-state index is 7.70. The summed E-state index contributed by atoms with van der Waals surface area (Å²) in [4.78, 5) is 8.90. The van der Waals surface area contributed by atoms with E-state index in [1.54, 1.807) is 0 Å². The topological polar surface area (TPSA) is 27.1 Å². The molecule has 0 saturated heterocycles. The molecule has 0 spiro atoms. The summed E-state index contributed by atoms with van der Waals surface area (Å²) in [6, 6.07) is 40.4. The fourth-order valence-corrected chi connectivity index (χ4v) is 6.43. The van der Waals surface area contributed by atoms with E-state index in [0.29, 0.717) is 5.69 Å². The van der Waals surface area contributed by atoms with E-state index in [1.807, 2.05) is 24.4 Å². The summed E-state index contributed by atoms with van der Waals surface area (Å²) in [5.74, 6) is 0.849. The van der Waals surface area contributed by atoms with Gasteiger partial charge in [-0.15, -0.1) is 0 Å². The Labute approximate surface area is 243 Å². The first-order valence-corrected chi connectivity index (χ1v) is 14.1. The van der Waals surface area contributed by atoms with Crippen LogP contribution in [-0.2, 0) is 0 Å². The molecule has 0 N–H and O–H groups in total. The smallest absolute Gasteiger partial charge is 0.187 e. The molecule has 8 aromatic rings. The minimum atomic E-state index is 0.613. The summed E-state index contributed by atoms with van der Waals surface area (Å²) in [5, 5.41) is 4.78. The van der Waals surface area contributed by atoms with Crippen LogP contribution in [0.5, 0.6) is 0 Å². The number of nitrogens with zero attached hydrogens (tertiary/aromatic N) is 4. The van der Waals surface area contributed by atoms with Gasteiger partial charge in [-0.1, -0.05) is 78.9 Å². The Kier molecular flexibility index (Phi) is 5.29. The molecule has 0 bridgehead atoms. The molecule has 3 aromatic heterocycles. The predicted molar refractivity (Wildman–Crippen MR) is 174 cm³/mol. The highest BCUT2D eigenvalue weighted by molar-refractivity contribution is 6.12. The van der Waals surface area contributed by atoms with Crippen LogP contribution in [0.3, 0.4) is 0 Å². The number of pyridine rings is 1. The Morgan fingerprint density at radius 3 is 1.83 bits per heavy atom. The summed E-state index contributed by atoms with van der Waals surface area (Å²) in [6.07, 6.45) is 1.90. The van der Waals surface area contributed by atoms with Crippen LogP contribution in [-0.4, -0.2) is 14.1 Å². The molecule has 4 heteroatoms. The summed E-state index contributed by atoms with van der Waals surface area (Å²) in [5.41, 5.74) is 10.5. The molecule has 0 unspecified atom stereocenters. The number of hydrogen-bond acceptors (Lipinski definition) is 1. The molecule has 0 amide bonds. The average Bonchev–Trinajstić information content (AvgIpc) is 3.52. The van der Waals surface area contributed by atoms with E-state index in [0.717, 1.165) is 44.7 Å². The molecule has 0 aliphatic rings. The molecule has 5 aromatic carbocycles. The predicted octanol–water partition coefficient (Wildman–Crippen LogP) is 10.1. The highest BCUT2D eigenvalue weighted by Gasteiger charge is 2.23. The van der Waals surface area contributed by atoms with Crippen LogP contribution in [0.4, 0.5) is 5.69 Å². The quantitative estimate of drug-likeness (QED) is 0.206. The molecule has 198 valence electrons. The highest BCUT2D eigenvalue weighted by Crippen LogP contribution is 2.41. The zero-order chi connectivity index (χ0) is 28.4.